The maximum atomic E-state index is 13.1. The zero-order chi connectivity index (χ0) is 28.0. The summed E-state index contributed by atoms with van der Waals surface area (Å²) < 4.78 is 0. The van der Waals surface area contributed by atoms with Crippen molar-refractivity contribution < 1.29 is 24.0 Å². The van der Waals surface area contributed by atoms with Crippen molar-refractivity contribution in [2.24, 2.45) is 5.92 Å². The van der Waals surface area contributed by atoms with Crippen LogP contribution < -0.4 is 21.3 Å². The van der Waals surface area contributed by atoms with Crippen LogP contribution in [0, 0.1) is 5.92 Å². The van der Waals surface area contributed by atoms with Crippen molar-refractivity contribution in [3.05, 3.63) is 69.6 Å². The van der Waals surface area contributed by atoms with Crippen LogP contribution in [0.4, 0.5) is 0 Å². The van der Waals surface area contributed by atoms with Crippen molar-refractivity contribution in [1.29, 1.82) is 0 Å². The smallest absolute Gasteiger partial charge is 0.253 e. The summed E-state index contributed by atoms with van der Waals surface area (Å²) in [6, 6.07) is 11.0. The second-order valence-corrected chi connectivity index (χ2v) is 10.4. The second-order valence-electron chi connectivity index (χ2n) is 9.32. The number of carbonyl (C=O) groups is 5. The maximum Gasteiger partial charge on any atom is 0.253 e. The third kappa shape index (κ3) is 6.89. The van der Waals surface area contributed by atoms with Gasteiger partial charge in [0, 0.05) is 31.0 Å². The van der Waals surface area contributed by atoms with Crippen LogP contribution in [-0.4, -0.2) is 48.5 Å². The van der Waals surface area contributed by atoms with Gasteiger partial charge >= 0.3 is 0 Å². The SMILES string of the molecule is CNC(=O)[C@H](C)NC(=O)c1cccc2c1S/C(=C\c1cccc(CNC(=O)[C@@H](NC(C)=O)C(C)C)c1)C2=O. The van der Waals surface area contributed by atoms with E-state index in [-0.39, 0.29) is 36.0 Å². The van der Waals surface area contributed by atoms with Crippen molar-refractivity contribution in [2.75, 3.05) is 7.05 Å². The zero-order valence-electron chi connectivity index (χ0n) is 22.0. The largest absolute Gasteiger partial charge is 0.357 e. The predicted molar refractivity (Wildman–Crippen MR) is 146 cm³/mol. The molecule has 200 valence electrons. The molecule has 0 bridgehead atoms. The molecule has 2 atom stereocenters. The first kappa shape index (κ1) is 28.6. The Morgan fingerprint density at radius 2 is 1.68 bits per heavy atom. The fraction of sp³-hybridized carbons (Fsp3) is 0.321. The van der Waals surface area contributed by atoms with Gasteiger partial charge in [0.05, 0.1) is 10.5 Å². The quantitative estimate of drug-likeness (QED) is 0.364. The highest BCUT2D eigenvalue weighted by molar-refractivity contribution is 8.05. The minimum atomic E-state index is -0.724. The van der Waals surface area contributed by atoms with Gasteiger partial charge in [0.25, 0.3) is 5.91 Å². The Morgan fingerprint density at radius 1 is 0.974 bits per heavy atom. The monoisotopic (exact) mass is 536 g/mol. The zero-order valence-corrected chi connectivity index (χ0v) is 22.8. The van der Waals surface area contributed by atoms with Crippen molar-refractivity contribution in [2.45, 2.75) is 51.2 Å². The molecule has 3 rings (SSSR count). The molecule has 0 aliphatic carbocycles. The van der Waals surface area contributed by atoms with Crippen LogP contribution in [0.1, 0.15) is 59.5 Å². The minimum Gasteiger partial charge on any atom is -0.357 e. The highest BCUT2D eigenvalue weighted by Crippen LogP contribution is 2.43. The lowest BCUT2D eigenvalue weighted by atomic mass is 10.0. The van der Waals surface area contributed by atoms with Gasteiger partial charge in [-0.05, 0) is 48.2 Å². The molecule has 0 radical (unpaired) electrons. The summed E-state index contributed by atoms with van der Waals surface area (Å²) in [4.78, 5) is 62.8. The number of amides is 4. The van der Waals surface area contributed by atoms with E-state index in [1.807, 2.05) is 38.1 Å². The highest BCUT2D eigenvalue weighted by atomic mass is 32.2. The van der Waals surface area contributed by atoms with E-state index in [0.29, 0.717) is 20.9 Å². The molecule has 1 heterocycles. The summed E-state index contributed by atoms with van der Waals surface area (Å²) in [5, 5.41) is 10.7. The van der Waals surface area contributed by atoms with Gasteiger partial charge in [-0.25, -0.2) is 0 Å². The Labute approximate surface area is 226 Å². The molecule has 1 aliphatic heterocycles. The summed E-state index contributed by atoms with van der Waals surface area (Å²) in [6.07, 6.45) is 1.75. The Hall–Kier alpha value is -3.92. The normalized spacial score (nSPS) is 15.0. The molecule has 0 saturated carbocycles. The predicted octanol–water partition coefficient (Wildman–Crippen LogP) is 2.66. The van der Waals surface area contributed by atoms with Crippen molar-refractivity contribution in [1.82, 2.24) is 21.3 Å². The first-order valence-electron chi connectivity index (χ1n) is 12.2. The van der Waals surface area contributed by atoms with Crippen LogP contribution in [-0.2, 0) is 20.9 Å². The number of fused-ring (bicyclic) bond motifs is 1. The molecule has 0 fully saturated rings. The first-order chi connectivity index (χ1) is 18.0. The maximum absolute atomic E-state index is 13.1. The van der Waals surface area contributed by atoms with E-state index in [1.165, 1.54) is 25.7 Å². The van der Waals surface area contributed by atoms with Gasteiger partial charge < -0.3 is 21.3 Å². The number of hydrogen-bond donors (Lipinski definition) is 4. The average molecular weight is 537 g/mol. The Morgan fingerprint density at radius 3 is 2.34 bits per heavy atom. The van der Waals surface area contributed by atoms with Gasteiger partial charge in [0.2, 0.25) is 23.5 Å². The molecule has 4 N–H and O–H groups in total. The van der Waals surface area contributed by atoms with E-state index in [1.54, 1.807) is 31.2 Å². The lowest BCUT2D eigenvalue weighted by molar-refractivity contribution is -0.129. The number of Topliss-reactive ketones (excluding diaryl/α,β-unsaturated/α-hetero) is 1. The number of ketones is 1. The summed E-state index contributed by atoms with van der Waals surface area (Å²) >= 11 is 1.21. The summed E-state index contributed by atoms with van der Waals surface area (Å²) in [5.74, 6) is -1.55. The lowest BCUT2D eigenvalue weighted by Crippen LogP contribution is -2.48. The van der Waals surface area contributed by atoms with Crippen molar-refractivity contribution in [3.63, 3.8) is 0 Å². The molecule has 0 unspecified atom stereocenters. The molecule has 0 spiro atoms. The van der Waals surface area contributed by atoms with E-state index < -0.39 is 18.0 Å². The Balaban J connectivity index is 1.75. The van der Waals surface area contributed by atoms with Crippen molar-refractivity contribution >= 4 is 47.2 Å². The van der Waals surface area contributed by atoms with Gasteiger partial charge in [0.1, 0.15) is 12.1 Å². The number of nitrogens with one attached hydrogen (secondary N) is 4. The Kier molecular flexibility index (Phi) is 9.46. The molecule has 1 aliphatic rings. The third-order valence-corrected chi connectivity index (χ3v) is 7.12. The van der Waals surface area contributed by atoms with Crippen LogP contribution in [0.25, 0.3) is 6.08 Å². The first-order valence-corrected chi connectivity index (χ1v) is 13.1. The van der Waals surface area contributed by atoms with Gasteiger partial charge in [-0.1, -0.05) is 49.9 Å². The molecule has 0 aromatic heterocycles. The molecular weight excluding hydrogens is 504 g/mol. The van der Waals surface area contributed by atoms with Crippen LogP contribution in [0.3, 0.4) is 0 Å². The fourth-order valence-corrected chi connectivity index (χ4v) is 5.10. The number of rotatable bonds is 9. The third-order valence-electron chi connectivity index (χ3n) is 5.95. The van der Waals surface area contributed by atoms with Gasteiger partial charge in [0.15, 0.2) is 0 Å². The molecule has 2 aromatic carbocycles. The molecule has 2 aromatic rings. The lowest BCUT2D eigenvalue weighted by Gasteiger charge is -2.21. The van der Waals surface area contributed by atoms with E-state index in [9.17, 15) is 24.0 Å². The number of thioether (sulfide) groups is 1. The van der Waals surface area contributed by atoms with E-state index in [4.69, 9.17) is 0 Å². The van der Waals surface area contributed by atoms with Crippen LogP contribution in [0.2, 0.25) is 0 Å². The van der Waals surface area contributed by atoms with Gasteiger partial charge in [-0.3, -0.25) is 24.0 Å². The average Bonchev–Trinajstić information content (AvgIpc) is 3.20. The second kappa shape index (κ2) is 12.6. The Bertz CT molecular complexity index is 1300. The summed E-state index contributed by atoms with van der Waals surface area (Å²) in [5.41, 5.74) is 2.36. The standard InChI is InChI=1S/C28H32N4O5S/c1-15(2)23(32-17(4)33)28(37)30-14-19-9-6-8-18(12-19)13-22-24(34)20-10-7-11-21(25(20)38-22)27(36)31-16(3)26(35)29-5/h6-13,15-16,23H,14H2,1-5H3,(H,29,35)(H,30,37)(H,31,36)(H,32,33)/b22-13-/t16-,23-/m0/s1. The molecule has 9 nitrogen and oxygen atoms in total. The van der Waals surface area contributed by atoms with Gasteiger partial charge in [-0.15, -0.1) is 0 Å². The van der Waals surface area contributed by atoms with Crippen LogP contribution >= 0.6 is 11.8 Å². The number of carbonyl (C=O) groups excluding carboxylic acids is 5. The fourth-order valence-electron chi connectivity index (χ4n) is 3.94. The molecular formula is C28H32N4O5S. The topological polar surface area (TPSA) is 133 Å². The van der Waals surface area contributed by atoms with Crippen molar-refractivity contribution in [3.8, 4) is 0 Å². The van der Waals surface area contributed by atoms with E-state index >= 15 is 0 Å². The van der Waals surface area contributed by atoms with E-state index in [2.05, 4.69) is 21.3 Å². The number of allylic oxidation sites excluding steroid dienone is 1. The molecule has 38 heavy (non-hydrogen) atoms. The van der Waals surface area contributed by atoms with E-state index in [0.717, 1.165) is 11.1 Å². The minimum absolute atomic E-state index is 0.0685. The molecule has 10 heteroatoms. The van der Waals surface area contributed by atoms with Gasteiger partial charge in [-0.2, -0.15) is 0 Å². The van der Waals surface area contributed by atoms with Crippen LogP contribution in [0.15, 0.2) is 52.3 Å². The molecule has 4 amide bonds. The summed E-state index contributed by atoms with van der Waals surface area (Å²) in [7, 11) is 1.49. The molecule has 0 saturated heterocycles. The number of likely N-dealkylation sites (N-methyl/N-ethyl adjacent to an activating group) is 1. The summed E-state index contributed by atoms with van der Waals surface area (Å²) in [6.45, 7) is 6.94. The van der Waals surface area contributed by atoms with Crippen LogP contribution in [0.5, 0.6) is 0 Å². The highest BCUT2D eigenvalue weighted by Gasteiger charge is 2.30. The number of hydrogen-bond acceptors (Lipinski definition) is 6. The number of benzene rings is 2.